The van der Waals surface area contributed by atoms with E-state index in [9.17, 15) is 0 Å². The normalized spacial score (nSPS) is 14.0. The molecule has 6 heteroatoms. The molecule has 0 atom stereocenters. The van der Waals surface area contributed by atoms with Crippen LogP contribution >= 0.6 is 11.3 Å². The summed E-state index contributed by atoms with van der Waals surface area (Å²) < 4.78 is 5.46. The van der Waals surface area contributed by atoms with Gasteiger partial charge in [-0.15, -0.1) is 11.3 Å². The summed E-state index contributed by atoms with van der Waals surface area (Å²) in [7, 11) is 1.68. The van der Waals surface area contributed by atoms with E-state index in [4.69, 9.17) is 4.74 Å². The van der Waals surface area contributed by atoms with Gasteiger partial charge in [0.1, 0.15) is 16.9 Å². The lowest BCUT2D eigenvalue weighted by atomic mass is 10.1. The molecule has 0 aliphatic heterocycles. The van der Waals surface area contributed by atoms with E-state index in [1.165, 1.54) is 22.4 Å². The van der Waals surface area contributed by atoms with E-state index in [1.807, 2.05) is 19.1 Å². The monoisotopic (exact) mass is 352 g/mol. The predicted octanol–water partition coefficient (Wildman–Crippen LogP) is 4.33. The molecule has 1 N–H and O–H groups in total. The first kappa shape index (κ1) is 16.0. The summed E-state index contributed by atoms with van der Waals surface area (Å²) in [6, 6.07) is 6.08. The highest BCUT2D eigenvalue weighted by Gasteiger charge is 2.21. The van der Waals surface area contributed by atoms with E-state index in [0.29, 0.717) is 0 Å². The largest absolute Gasteiger partial charge is 0.496 e. The minimum absolute atomic E-state index is 0.787. The topological polar surface area (TPSA) is 59.4 Å². The summed E-state index contributed by atoms with van der Waals surface area (Å²) in [4.78, 5) is 11.3. The summed E-state index contributed by atoms with van der Waals surface area (Å²) in [5.41, 5.74) is 7.57. The first-order valence-corrected chi connectivity index (χ1v) is 9.19. The molecule has 0 fully saturated rings. The van der Waals surface area contributed by atoms with Crippen molar-refractivity contribution >= 4 is 33.1 Å². The second-order valence-corrected chi connectivity index (χ2v) is 7.36. The van der Waals surface area contributed by atoms with E-state index < -0.39 is 0 Å². The van der Waals surface area contributed by atoms with Crippen molar-refractivity contribution in [2.24, 2.45) is 5.10 Å². The molecule has 0 saturated carbocycles. The Morgan fingerprint density at radius 2 is 2.16 bits per heavy atom. The zero-order chi connectivity index (χ0) is 17.4. The highest BCUT2D eigenvalue weighted by Crippen LogP contribution is 2.39. The number of hydrogen-bond acceptors (Lipinski definition) is 6. The number of rotatable bonds is 4. The Labute approximate surface area is 150 Å². The van der Waals surface area contributed by atoms with E-state index in [-0.39, 0.29) is 0 Å². The van der Waals surface area contributed by atoms with Crippen LogP contribution in [0.15, 0.2) is 29.6 Å². The number of hydrazone groups is 1. The summed E-state index contributed by atoms with van der Waals surface area (Å²) in [5.74, 6) is 1.60. The van der Waals surface area contributed by atoms with Gasteiger partial charge in [0.15, 0.2) is 5.82 Å². The van der Waals surface area contributed by atoms with Gasteiger partial charge >= 0.3 is 0 Å². The van der Waals surface area contributed by atoms with Crippen molar-refractivity contribution in [2.45, 2.75) is 33.1 Å². The molecule has 0 saturated heterocycles. The van der Waals surface area contributed by atoms with Gasteiger partial charge in [-0.2, -0.15) is 5.10 Å². The van der Waals surface area contributed by atoms with Crippen LogP contribution in [0.3, 0.4) is 0 Å². The third-order valence-electron chi connectivity index (χ3n) is 4.58. The molecule has 25 heavy (non-hydrogen) atoms. The molecule has 1 aromatic carbocycles. The maximum atomic E-state index is 5.46. The molecule has 0 radical (unpaired) electrons. The van der Waals surface area contributed by atoms with Gasteiger partial charge in [0.25, 0.3) is 0 Å². The quantitative estimate of drug-likeness (QED) is 0.561. The number of ether oxygens (including phenoxy) is 1. The van der Waals surface area contributed by atoms with Crippen LogP contribution in [-0.4, -0.2) is 22.8 Å². The van der Waals surface area contributed by atoms with Gasteiger partial charge < -0.3 is 4.74 Å². The van der Waals surface area contributed by atoms with E-state index >= 15 is 0 Å². The molecular weight excluding hydrogens is 332 g/mol. The minimum atomic E-state index is 0.787. The van der Waals surface area contributed by atoms with Gasteiger partial charge in [-0.25, -0.2) is 9.97 Å². The first-order chi connectivity index (χ1) is 12.2. The molecule has 128 valence electrons. The van der Waals surface area contributed by atoms with E-state index in [1.54, 1.807) is 24.8 Å². The van der Waals surface area contributed by atoms with Crippen molar-refractivity contribution < 1.29 is 4.74 Å². The van der Waals surface area contributed by atoms with Crippen molar-refractivity contribution in [1.29, 1.82) is 0 Å². The maximum absolute atomic E-state index is 5.46. The fourth-order valence-electron chi connectivity index (χ4n) is 3.31. The molecule has 1 aliphatic rings. The molecule has 0 unspecified atom stereocenters. The fourth-order valence-corrected chi connectivity index (χ4v) is 4.54. The number of anilines is 1. The van der Waals surface area contributed by atoms with Crippen molar-refractivity contribution in [3.63, 3.8) is 0 Å². The number of thiophene rings is 1. The van der Waals surface area contributed by atoms with Crippen LogP contribution in [-0.2, 0) is 12.8 Å². The smallest absolute Gasteiger partial charge is 0.158 e. The molecule has 2 aromatic heterocycles. The summed E-state index contributed by atoms with van der Waals surface area (Å²) in [6.45, 7) is 4.03. The lowest BCUT2D eigenvalue weighted by molar-refractivity contribution is 0.414. The number of fused-ring (bicyclic) bond motifs is 3. The highest BCUT2D eigenvalue weighted by atomic mass is 32.1. The molecule has 0 spiro atoms. The zero-order valence-electron chi connectivity index (χ0n) is 14.6. The van der Waals surface area contributed by atoms with Crippen LogP contribution in [0.4, 0.5) is 5.82 Å². The number of benzene rings is 1. The minimum Gasteiger partial charge on any atom is -0.496 e. The third-order valence-corrected chi connectivity index (χ3v) is 5.78. The number of nitrogens with zero attached hydrogens (tertiary/aromatic N) is 3. The lowest BCUT2D eigenvalue weighted by Crippen LogP contribution is -2.04. The van der Waals surface area contributed by atoms with Crippen LogP contribution in [0.25, 0.3) is 10.2 Å². The lowest BCUT2D eigenvalue weighted by Gasteiger charge is -2.10. The molecule has 2 heterocycles. The van der Waals surface area contributed by atoms with Gasteiger partial charge in [0.05, 0.1) is 18.2 Å². The van der Waals surface area contributed by atoms with Crippen LogP contribution in [0.5, 0.6) is 5.75 Å². The Morgan fingerprint density at radius 3 is 3.00 bits per heavy atom. The number of methoxy groups -OCH3 is 1. The number of hydrogen-bond donors (Lipinski definition) is 1. The number of nitrogens with one attached hydrogen (secondary N) is 1. The maximum Gasteiger partial charge on any atom is 0.158 e. The molecule has 4 rings (SSSR count). The molecular formula is C19H20N4OS. The van der Waals surface area contributed by atoms with Gasteiger partial charge in [0, 0.05) is 10.4 Å². The van der Waals surface area contributed by atoms with Crippen LogP contribution in [0, 0.1) is 6.92 Å². The molecule has 1 aliphatic carbocycles. The Kier molecular flexibility index (Phi) is 4.13. The Morgan fingerprint density at radius 1 is 1.28 bits per heavy atom. The van der Waals surface area contributed by atoms with Crippen molar-refractivity contribution in [3.8, 4) is 5.75 Å². The van der Waals surface area contributed by atoms with Gasteiger partial charge in [0.2, 0.25) is 0 Å². The van der Waals surface area contributed by atoms with Gasteiger partial charge in [-0.1, -0.05) is 11.6 Å². The van der Waals surface area contributed by atoms with Crippen molar-refractivity contribution in [3.05, 3.63) is 46.1 Å². The average molecular weight is 352 g/mol. The highest BCUT2D eigenvalue weighted by molar-refractivity contribution is 7.19. The number of aromatic nitrogens is 2. The Balaban J connectivity index is 1.70. The molecule has 0 amide bonds. The van der Waals surface area contributed by atoms with E-state index in [0.717, 1.165) is 45.9 Å². The SMILES string of the molecule is COc1ccc(C)cc1/C(C)=N\Nc1ncnc2sc3c(c12)CCC3. The number of aryl methyl sites for hydroxylation is 3. The predicted molar refractivity (Wildman–Crippen MR) is 103 cm³/mol. The summed E-state index contributed by atoms with van der Waals surface area (Å²) in [5, 5.41) is 5.70. The van der Waals surface area contributed by atoms with Crippen LogP contribution in [0.2, 0.25) is 0 Å². The Hall–Kier alpha value is -2.47. The molecule has 0 bridgehead atoms. The average Bonchev–Trinajstić information content (AvgIpc) is 3.20. The van der Waals surface area contributed by atoms with Crippen LogP contribution in [0.1, 0.15) is 34.9 Å². The van der Waals surface area contributed by atoms with Crippen molar-refractivity contribution in [1.82, 2.24) is 9.97 Å². The van der Waals surface area contributed by atoms with Gasteiger partial charge in [-0.3, -0.25) is 5.43 Å². The van der Waals surface area contributed by atoms with Gasteiger partial charge in [-0.05, 0) is 50.8 Å². The second kappa shape index (κ2) is 6.44. The van der Waals surface area contributed by atoms with Crippen molar-refractivity contribution in [2.75, 3.05) is 12.5 Å². The van der Waals surface area contributed by atoms with Crippen LogP contribution < -0.4 is 10.2 Å². The first-order valence-electron chi connectivity index (χ1n) is 8.38. The summed E-state index contributed by atoms with van der Waals surface area (Å²) in [6.07, 6.45) is 5.08. The third kappa shape index (κ3) is 2.87. The second-order valence-electron chi connectivity index (χ2n) is 6.27. The molecule has 3 aromatic rings. The Bertz CT molecular complexity index is 977. The fraction of sp³-hybridized carbons (Fsp3) is 0.316. The summed E-state index contributed by atoms with van der Waals surface area (Å²) >= 11 is 1.78. The standard InChI is InChI=1S/C19H20N4OS/c1-11-7-8-15(24-3)14(9-11)12(2)22-23-18-17-13-5-4-6-16(13)25-19(17)21-10-20-18/h7-10H,4-6H2,1-3H3,(H,20,21,23)/b22-12-. The zero-order valence-corrected chi connectivity index (χ0v) is 15.4. The molecule has 5 nitrogen and oxygen atoms in total. The van der Waals surface area contributed by atoms with E-state index in [2.05, 4.69) is 33.5 Å².